The van der Waals surface area contributed by atoms with Crippen LogP contribution in [0.4, 0.5) is 5.82 Å². The fourth-order valence-electron chi connectivity index (χ4n) is 4.08. The maximum Gasteiger partial charge on any atom is 0.311 e. The number of nitrogens with zero attached hydrogens (tertiary/aromatic N) is 2. The molecule has 162 valence electrons. The Kier molecular flexibility index (Phi) is 7.48. The quantitative estimate of drug-likeness (QED) is 0.330. The van der Waals surface area contributed by atoms with Gasteiger partial charge in [-0.15, -0.1) is 0 Å². The van der Waals surface area contributed by atoms with Crippen molar-refractivity contribution in [3.05, 3.63) is 59.9 Å². The molecule has 1 aliphatic rings. The second-order valence-electron chi connectivity index (χ2n) is 8.30. The number of benzene rings is 1. The molecular formula is C26H31N3O2. The molecule has 0 aliphatic carbocycles. The van der Waals surface area contributed by atoms with Gasteiger partial charge < -0.3 is 10.1 Å². The number of nitrogens with one attached hydrogen (secondary N) is 1. The zero-order chi connectivity index (χ0) is 21.3. The summed E-state index contributed by atoms with van der Waals surface area (Å²) in [5.74, 6) is 1.44. The Morgan fingerprint density at radius 3 is 2.77 bits per heavy atom. The minimum atomic E-state index is -0.177. The van der Waals surface area contributed by atoms with Crippen LogP contribution < -0.4 is 10.1 Å². The third-order valence-electron chi connectivity index (χ3n) is 5.81. The second kappa shape index (κ2) is 10.9. The van der Waals surface area contributed by atoms with Gasteiger partial charge in [-0.05, 0) is 55.9 Å². The van der Waals surface area contributed by atoms with Gasteiger partial charge in [-0.1, -0.05) is 49.9 Å². The van der Waals surface area contributed by atoms with E-state index in [0.29, 0.717) is 12.2 Å². The zero-order valence-electron chi connectivity index (χ0n) is 18.1. The van der Waals surface area contributed by atoms with Gasteiger partial charge in [0.1, 0.15) is 11.6 Å². The number of anilines is 1. The van der Waals surface area contributed by atoms with E-state index in [9.17, 15) is 4.79 Å². The third kappa shape index (κ3) is 6.27. The summed E-state index contributed by atoms with van der Waals surface area (Å²) in [4.78, 5) is 21.2. The third-order valence-corrected chi connectivity index (χ3v) is 5.81. The largest absolute Gasteiger partial charge is 0.425 e. The highest BCUT2D eigenvalue weighted by atomic mass is 16.5. The molecule has 2 aromatic heterocycles. The number of hydrogen-bond acceptors (Lipinski definition) is 5. The Labute approximate surface area is 184 Å². The van der Waals surface area contributed by atoms with Crippen LogP contribution in [0.5, 0.6) is 5.75 Å². The lowest BCUT2D eigenvalue weighted by Gasteiger charge is -2.17. The highest BCUT2D eigenvalue weighted by Gasteiger charge is 2.10. The molecule has 0 fully saturated rings. The molecule has 1 N–H and O–H groups in total. The molecular weight excluding hydrogens is 386 g/mol. The van der Waals surface area contributed by atoms with E-state index >= 15 is 0 Å². The topological polar surface area (TPSA) is 64.1 Å². The van der Waals surface area contributed by atoms with Crippen molar-refractivity contribution in [2.75, 3.05) is 11.9 Å². The smallest absolute Gasteiger partial charge is 0.311 e. The second-order valence-corrected chi connectivity index (χ2v) is 8.30. The van der Waals surface area contributed by atoms with Crippen molar-refractivity contribution in [2.45, 2.75) is 64.2 Å². The minimum absolute atomic E-state index is 0.177. The lowest BCUT2D eigenvalue weighted by molar-refractivity contribution is -0.134. The number of para-hydroxylation sites is 1. The number of carbonyl (C=O) groups is 1. The summed E-state index contributed by atoms with van der Waals surface area (Å²) in [6.45, 7) is 1.04. The van der Waals surface area contributed by atoms with Crippen molar-refractivity contribution in [3.8, 4) is 5.75 Å². The van der Waals surface area contributed by atoms with Crippen LogP contribution in [-0.4, -0.2) is 22.5 Å². The summed E-state index contributed by atoms with van der Waals surface area (Å²) in [5, 5.41) is 4.39. The number of carbonyl (C=O) groups excluding carboxylic acids is 1. The zero-order valence-corrected chi connectivity index (χ0v) is 18.1. The summed E-state index contributed by atoms with van der Waals surface area (Å²) in [6.07, 6.45) is 12.1. The molecule has 0 amide bonds. The number of pyridine rings is 2. The Bertz CT molecular complexity index is 1020. The summed E-state index contributed by atoms with van der Waals surface area (Å²) in [5.41, 5.74) is 3.45. The van der Waals surface area contributed by atoms with Crippen LogP contribution in [0.3, 0.4) is 0 Å². The lowest BCUT2D eigenvalue weighted by Crippen LogP contribution is -2.13. The van der Waals surface area contributed by atoms with Crippen LogP contribution in [0.2, 0.25) is 0 Å². The van der Waals surface area contributed by atoms with Crippen LogP contribution in [0.15, 0.2) is 48.7 Å². The number of hydrogen-bond donors (Lipinski definition) is 1. The molecule has 3 heterocycles. The van der Waals surface area contributed by atoms with Crippen molar-refractivity contribution in [1.82, 2.24) is 9.97 Å². The first-order chi connectivity index (χ1) is 15.3. The number of ether oxygens (including phenoxy) is 1. The van der Waals surface area contributed by atoms with Gasteiger partial charge in [-0.25, -0.2) is 4.98 Å². The van der Waals surface area contributed by atoms with Gasteiger partial charge in [0.25, 0.3) is 0 Å². The first-order valence-electron chi connectivity index (χ1n) is 11.6. The predicted molar refractivity (Wildman–Crippen MR) is 124 cm³/mol. The molecule has 5 heteroatoms. The number of aromatic nitrogens is 2. The highest BCUT2D eigenvalue weighted by molar-refractivity contribution is 5.80. The fourth-order valence-corrected chi connectivity index (χ4v) is 4.08. The van der Waals surface area contributed by atoms with Crippen molar-refractivity contribution in [1.29, 1.82) is 0 Å². The molecule has 1 aromatic carbocycles. The molecule has 0 saturated heterocycles. The Morgan fingerprint density at radius 2 is 1.84 bits per heavy atom. The normalized spacial score (nSPS) is 12.9. The van der Waals surface area contributed by atoms with Gasteiger partial charge in [-0.3, -0.25) is 9.78 Å². The molecule has 0 bridgehead atoms. The number of rotatable bonds is 10. The average molecular weight is 418 g/mol. The van der Waals surface area contributed by atoms with Gasteiger partial charge in [-0.2, -0.15) is 0 Å². The maximum atomic E-state index is 12.1. The van der Waals surface area contributed by atoms with Crippen molar-refractivity contribution in [2.24, 2.45) is 0 Å². The van der Waals surface area contributed by atoms with Crippen LogP contribution in [0.25, 0.3) is 10.9 Å². The number of fused-ring (bicyclic) bond motifs is 2. The Balaban J connectivity index is 1.07. The highest BCUT2D eigenvalue weighted by Crippen LogP contribution is 2.21. The molecule has 0 radical (unpaired) electrons. The van der Waals surface area contributed by atoms with E-state index in [0.717, 1.165) is 55.4 Å². The van der Waals surface area contributed by atoms with E-state index in [1.54, 1.807) is 6.20 Å². The molecule has 0 unspecified atom stereocenters. The van der Waals surface area contributed by atoms with Gasteiger partial charge in [0.2, 0.25) is 0 Å². The van der Waals surface area contributed by atoms with Gasteiger partial charge >= 0.3 is 5.97 Å². The summed E-state index contributed by atoms with van der Waals surface area (Å²) in [7, 11) is 0. The van der Waals surface area contributed by atoms with Gasteiger partial charge in [0.15, 0.2) is 0 Å². The molecule has 3 aromatic rings. The fraction of sp³-hybridized carbons (Fsp3) is 0.423. The molecule has 0 atom stereocenters. The molecule has 5 nitrogen and oxygen atoms in total. The van der Waals surface area contributed by atoms with E-state index in [-0.39, 0.29) is 5.97 Å². The molecule has 0 saturated carbocycles. The Hall–Kier alpha value is -2.95. The molecule has 0 spiro atoms. The number of aryl methyl sites for hydroxylation is 2. The van der Waals surface area contributed by atoms with E-state index in [4.69, 9.17) is 9.72 Å². The van der Waals surface area contributed by atoms with Gasteiger partial charge in [0, 0.05) is 24.0 Å². The first-order valence-corrected chi connectivity index (χ1v) is 11.6. The van der Waals surface area contributed by atoms with Gasteiger partial charge in [0.05, 0.1) is 11.7 Å². The van der Waals surface area contributed by atoms with Crippen LogP contribution in [0, 0.1) is 0 Å². The summed E-state index contributed by atoms with van der Waals surface area (Å²) < 4.78 is 5.44. The van der Waals surface area contributed by atoms with Crippen molar-refractivity contribution < 1.29 is 9.53 Å². The summed E-state index contributed by atoms with van der Waals surface area (Å²) >= 11 is 0. The number of unbranched alkanes of at least 4 members (excludes halogenated alkanes) is 5. The molecule has 4 rings (SSSR count). The predicted octanol–water partition coefficient (Wildman–Crippen LogP) is 5.87. The SMILES string of the molecule is O=C(CCCCCCCCc1ccc2c(n1)NCCC2)Oc1cnc2ccccc2c1. The number of esters is 1. The van der Waals surface area contributed by atoms with E-state index in [1.165, 1.54) is 36.9 Å². The standard InChI is InChI=1S/C26H31N3O2/c30-25(31-23-18-21-10-7-8-13-24(21)28-19-23)14-6-4-2-1-3-5-12-22-16-15-20-11-9-17-27-26(20)29-22/h7-8,10,13,15-16,18-19H,1-6,9,11-12,14,17H2,(H,27,29). The lowest BCUT2D eigenvalue weighted by atomic mass is 10.0. The molecule has 31 heavy (non-hydrogen) atoms. The monoisotopic (exact) mass is 417 g/mol. The summed E-state index contributed by atoms with van der Waals surface area (Å²) in [6, 6.07) is 14.1. The Morgan fingerprint density at radius 1 is 1.00 bits per heavy atom. The minimum Gasteiger partial charge on any atom is -0.425 e. The van der Waals surface area contributed by atoms with E-state index < -0.39 is 0 Å². The van der Waals surface area contributed by atoms with Crippen molar-refractivity contribution >= 4 is 22.7 Å². The average Bonchev–Trinajstić information content (AvgIpc) is 2.80. The van der Waals surface area contributed by atoms with Crippen LogP contribution >= 0.6 is 0 Å². The molecule has 1 aliphatic heterocycles. The van der Waals surface area contributed by atoms with Crippen LogP contribution in [0.1, 0.15) is 62.6 Å². The first kappa shape index (κ1) is 21.3. The maximum absolute atomic E-state index is 12.1. The van der Waals surface area contributed by atoms with Crippen LogP contribution in [-0.2, 0) is 17.6 Å². The van der Waals surface area contributed by atoms with E-state index in [1.807, 2.05) is 30.3 Å². The van der Waals surface area contributed by atoms with Crippen molar-refractivity contribution in [3.63, 3.8) is 0 Å². The van der Waals surface area contributed by atoms with E-state index in [2.05, 4.69) is 22.4 Å².